The van der Waals surface area contributed by atoms with Gasteiger partial charge in [0.15, 0.2) is 10.9 Å². The Morgan fingerprint density at radius 3 is 2.80 bits per heavy atom. The molecule has 0 aromatic carbocycles. The van der Waals surface area contributed by atoms with Crippen LogP contribution in [0.4, 0.5) is 0 Å². The minimum atomic E-state index is -0.0259. The maximum atomic E-state index is 13.0. The fourth-order valence-electron chi connectivity index (χ4n) is 4.36. The number of hydrogen-bond acceptors (Lipinski definition) is 6. The minimum Gasteiger partial charge on any atom is -0.455 e. The first-order valence-corrected chi connectivity index (χ1v) is 12.4. The first kappa shape index (κ1) is 19.9. The lowest BCUT2D eigenvalue weighted by Crippen LogP contribution is -2.35. The summed E-state index contributed by atoms with van der Waals surface area (Å²) in [6.07, 6.45) is 7.69. The third kappa shape index (κ3) is 3.60. The number of nitrogens with zero attached hydrogens (tertiary/aromatic N) is 3. The summed E-state index contributed by atoms with van der Waals surface area (Å²) in [5.74, 6) is 1.63. The van der Waals surface area contributed by atoms with E-state index in [0.29, 0.717) is 16.7 Å². The second-order valence-electron chi connectivity index (χ2n) is 8.06. The van der Waals surface area contributed by atoms with Crippen molar-refractivity contribution in [3.8, 4) is 0 Å². The molecule has 0 radical (unpaired) electrons. The first-order chi connectivity index (χ1) is 14.6. The van der Waals surface area contributed by atoms with E-state index in [-0.39, 0.29) is 11.5 Å². The maximum absolute atomic E-state index is 13.0. The summed E-state index contributed by atoms with van der Waals surface area (Å²) in [7, 11) is 1.79. The highest BCUT2D eigenvalue weighted by molar-refractivity contribution is 7.98. The molecule has 0 atom stereocenters. The molecule has 30 heavy (non-hydrogen) atoms. The number of hydrogen-bond donors (Lipinski definition) is 0. The number of fused-ring (bicyclic) bond motifs is 3. The smallest absolute Gasteiger partial charge is 0.289 e. The Kier molecular flexibility index (Phi) is 5.45. The molecule has 2 aliphatic rings. The lowest BCUT2D eigenvalue weighted by atomic mass is 9.97. The number of likely N-dealkylation sites (tertiary alicyclic amines) is 1. The van der Waals surface area contributed by atoms with Crippen LogP contribution in [0.5, 0.6) is 0 Å². The molecule has 8 heteroatoms. The summed E-state index contributed by atoms with van der Waals surface area (Å²) >= 11 is 3.15. The molecule has 5 rings (SSSR count). The Morgan fingerprint density at radius 1 is 1.17 bits per heavy atom. The molecule has 0 bridgehead atoms. The molecule has 0 saturated carbocycles. The number of rotatable bonds is 4. The van der Waals surface area contributed by atoms with Gasteiger partial charge in [-0.05, 0) is 62.6 Å². The van der Waals surface area contributed by atoms with Gasteiger partial charge < -0.3 is 9.32 Å². The zero-order valence-corrected chi connectivity index (χ0v) is 18.7. The number of thioether (sulfide) groups is 1. The van der Waals surface area contributed by atoms with Crippen molar-refractivity contribution in [2.45, 2.75) is 55.9 Å². The highest BCUT2D eigenvalue weighted by atomic mass is 32.2. The lowest BCUT2D eigenvalue weighted by Gasteiger charge is -2.25. The molecular weight excluding hydrogens is 418 g/mol. The average Bonchev–Trinajstić information content (AvgIpc) is 3.40. The van der Waals surface area contributed by atoms with Gasteiger partial charge in [-0.25, -0.2) is 4.98 Å². The van der Waals surface area contributed by atoms with Crippen molar-refractivity contribution in [2.24, 2.45) is 7.05 Å². The predicted molar refractivity (Wildman–Crippen MR) is 120 cm³/mol. The predicted octanol–water partition coefficient (Wildman–Crippen LogP) is 4.39. The van der Waals surface area contributed by atoms with E-state index >= 15 is 0 Å². The number of aryl methyl sites for hydroxylation is 2. The summed E-state index contributed by atoms with van der Waals surface area (Å²) in [6, 6.07) is 3.61. The molecular formula is C22H25N3O3S2. The van der Waals surface area contributed by atoms with Crippen LogP contribution in [0.15, 0.2) is 26.5 Å². The fourth-order valence-corrected chi connectivity index (χ4v) is 6.52. The van der Waals surface area contributed by atoms with E-state index in [1.54, 1.807) is 29.0 Å². The number of carbonyl (C=O) groups excluding carboxylic acids is 1. The average molecular weight is 444 g/mol. The van der Waals surface area contributed by atoms with Crippen LogP contribution in [-0.2, 0) is 25.6 Å². The van der Waals surface area contributed by atoms with Crippen LogP contribution in [0.3, 0.4) is 0 Å². The number of thiophene rings is 1. The van der Waals surface area contributed by atoms with Crippen molar-refractivity contribution in [3.63, 3.8) is 0 Å². The number of furan rings is 1. The molecule has 1 amide bonds. The molecule has 1 saturated heterocycles. The maximum Gasteiger partial charge on any atom is 0.289 e. The minimum absolute atomic E-state index is 0.0259. The van der Waals surface area contributed by atoms with E-state index in [0.717, 1.165) is 61.2 Å². The van der Waals surface area contributed by atoms with Crippen molar-refractivity contribution in [3.05, 3.63) is 44.4 Å². The van der Waals surface area contributed by atoms with Gasteiger partial charge in [-0.3, -0.25) is 14.2 Å². The molecule has 158 valence electrons. The van der Waals surface area contributed by atoms with Crippen LogP contribution >= 0.6 is 23.1 Å². The number of amides is 1. The van der Waals surface area contributed by atoms with Crippen LogP contribution in [-0.4, -0.2) is 33.4 Å². The normalized spacial score (nSPS) is 16.8. The van der Waals surface area contributed by atoms with Crippen molar-refractivity contribution in [1.29, 1.82) is 0 Å². The Bertz CT molecular complexity index is 1150. The van der Waals surface area contributed by atoms with Gasteiger partial charge in [0, 0.05) is 25.0 Å². The highest BCUT2D eigenvalue weighted by Gasteiger charge is 2.23. The number of carbonyl (C=O) groups is 1. The van der Waals surface area contributed by atoms with Gasteiger partial charge in [0.1, 0.15) is 10.6 Å². The van der Waals surface area contributed by atoms with Gasteiger partial charge in [0.05, 0.1) is 11.1 Å². The van der Waals surface area contributed by atoms with Gasteiger partial charge in [-0.2, -0.15) is 0 Å². The number of piperidine rings is 1. The molecule has 1 fully saturated rings. The highest BCUT2D eigenvalue weighted by Crippen LogP contribution is 2.35. The Hall–Kier alpha value is -2.06. The summed E-state index contributed by atoms with van der Waals surface area (Å²) in [5.41, 5.74) is 1.26. The van der Waals surface area contributed by atoms with E-state index in [1.807, 2.05) is 11.0 Å². The largest absolute Gasteiger partial charge is 0.455 e. The SMILES string of the molecule is Cn1c(SCc2ccc(C(=O)N3CCCCC3)o2)nc2sc3c(c2c1=O)CCCC3. The summed E-state index contributed by atoms with van der Waals surface area (Å²) in [4.78, 5) is 34.5. The van der Waals surface area contributed by atoms with Gasteiger partial charge in [-0.1, -0.05) is 11.8 Å². The molecule has 0 spiro atoms. The molecule has 1 aliphatic carbocycles. The Morgan fingerprint density at radius 2 is 1.97 bits per heavy atom. The third-order valence-corrected chi connectivity index (χ3v) is 8.25. The Labute approximate surface area is 183 Å². The van der Waals surface area contributed by atoms with Crippen molar-refractivity contribution in [1.82, 2.24) is 14.5 Å². The van der Waals surface area contributed by atoms with E-state index in [2.05, 4.69) is 0 Å². The van der Waals surface area contributed by atoms with E-state index in [9.17, 15) is 9.59 Å². The Balaban J connectivity index is 1.34. The van der Waals surface area contributed by atoms with Gasteiger partial charge in [0.2, 0.25) is 0 Å². The zero-order valence-electron chi connectivity index (χ0n) is 17.1. The van der Waals surface area contributed by atoms with Crippen molar-refractivity contribution < 1.29 is 9.21 Å². The standard InChI is InChI=1S/C22H25N3O3S2/c1-24-21(27)18-15-7-3-4-8-17(15)30-19(18)23-22(24)29-13-14-9-10-16(28-14)20(26)25-11-5-2-6-12-25/h9-10H,2-8,11-13H2,1H3. The zero-order chi connectivity index (χ0) is 20.7. The van der Waals surface area contributed by atoms with Crippen molar-refractivity contribution >= 4 is 39.2 Å². The number of aromatic nitrogens is 2. The van der Waals surface area contributed by atoms with Gasteiger partial charge in [-0.15, -0.1) is 11.3 Å². The van der Waals surface area contributed by atoms with E-state index in [1.165, 1.54) is 35.0 Å². The second-order valence-corrected chi connectivity index (χ2v) is 10.1. The van der Waals surface area contributed by atoms with Crippen LogP contribution < -0.4 is 5.56 Å². The monoisotopic (exact) mass is 443 g/mol. The lowest BCUT2D eigenvalue weighted by molar-refractivity contribution is 0.0690. The summed E-state index contributed by atoms with van der Waals surface area (Å²) < 4.78 is 7.47. The quantitative estimate of drug-likeness (QED) is 0.442. The molecule has 0 N–H and O–H groups in total. The molecule has 0 unspecified atom stereocenters. The van der Waals surface area contributed by atoms with Crippen LogP contribution in [0.25, 0.3) is 10.2 Å². The molecule has 6 nitrogen and oxygen atoms in total. The fraction of sp³-hybridized carbons (Fsp3) is 0.500. The topological polar surface area (TPSA) is 68.3 Å². The van der Waals surface area contributed by atoms with Gasteiger partial charge >= 0.3 is 0 Å². The van der Waals surface area contributed by atoms with E-state index < -0.39 is 0 Å². The van der Waals surface area contributed by atoms with Gasteiger partial charge in [0.25, 0.3) is 11.5 Å². The summed E-state index contributed by atoms with van der Waals surface area (Å²) in [6.45, 7) is 1.61. The third-order valence-electron chi connectivity index (χ3n) is 6.01. The van der Waals surface area contributed by atoms with Crippen LogP contribution in [0.2, 0.25) is 0 Å². The van der Waals surface area contributed by atoms with Crippen molar-refractivity contribution in [2.75, 3.05) is 13.1 Å². The van der Waals surface area contributed by atoms with Crippen LogP contribution in [0, 0.1) is 0 Å². The molecule has 4 heterocycles. The van der Waals surface area contributed by atoms with E-state index in [4.69, 9.17) is 9.40 Å². The summed E-state index contributed by atoms with van der Waals surface area (Å²) in [5, 5.41) is 1.50. The molecule has 3 aromatic heterocycles. The second kappa shape index (κ2) is 8.23. The molecule has 1 aliphatic heterocycles. The van der Waals surface area contributed by atoms with Crippen LogP contribution in [0.1, 0.15) is 58.9 Å². The first-order valence-electron chi connectivity index (χ1n) is 10.6. The molecule has 3 aromatic rings.